The number of halogens is 2. The number of carbonyl (C=O) groups excluding carboxylic acids is 1. The third kappa shape index (κ3) is 3.36. The molecule has 1 atom stereocenters. The number of carbonyl (C=O) groups is 1. The number of hydrogen-bond acceptors (Lipinski definition) is 3. The van der Waals surface area contributed by atoms with Crippen molar-refractivity contribution in [2.75, 3.05) is 6.54 Å². The monoisotopic (exact) mass is 443 g/mol. The maximum Gasteiger partial charge on any atom is 0.273 e. The van der Waals surface area contributed by atoms with Crippen LogP contribution < -0.4 is 0 Å². The lowest BCUT2D eigenvalue weighted by molar-refractivity contribution is 0.0741. The Morgan fingerprint density at radius 3 is 2.60 bits per heavy atom. The highest BCUT2D eigenvalue weighted by molar-refractivity contribution is 6.42. The lowest BCUT2D eigenvalue weighted by Crippen LogP contribution is -2.30. The quantitative estimate of drug-likeness (QED) is 0.503. The minimum absolute atomic E-state index is 0.0995. The maximum absolute atomic E-state index is 13.2. The van der Waals surface area contributed by atoms with Gasteiger partial charge in [0.15, 0.2) is 0 Å². The number of H-pyrrole nitrogens is 1. The Hall–Kier alpha value is -2.50. The zero-order chi connectivity index (χ0) is 21.6. The summed E-state index contributed by atoms with van der Waals surface area (Å²) in [7, 11) is 0. The molecule has 0 aliphatic carbocycles. The number of fused-ring (bicyclic) bond motifs is 1. The van der Waals surface area contributed by atoms with Crippen LogP contribution in [0.2, 0.25) is 10.0 Å². The average Bonchev–Trinajstić information content (AvgIpc) is 3.21. The molecule has 0 fully saturated rings. The summed E-state index contributed by atoms with van der Waals surface area (Å²) in [5.41, 5.74) is 5.15. The van der Waals surface area contributed by atoms with Gasteiger partial charge in [0.05, 0.1) is 16.1 Å². The smallest absolute Gasteiger partial charge is 0.273 e. The predicted octanol–water partition coefficient (Wildman–Crippen LogP) is 6.05. The molecule has 1 aliphatic heterocycles. The van der Waals surface area contributed by atoms with E-state index in [1.165, 1.54) is 0 Å². The third-order valence-corrected chi connectivity index (χ3v) is 6.31. The number of unbranched alkanes of at least 4 members (excludes halogenated alkanes) is 1. The van der Waals surface area contributed by atoms with Gasteiger partial charge in [-0.1, -0.05) is 48.7 Å². The molecule has 156 valence electrons. The van der Waals surface area contributed by atoms with Gasteiger partial charge in [0, 0.05) is 17.7 Å². The molecule has 0 spiro atoms. The molecule has 1 amide bonds. The Morgan fingerprint density at radius 2 is 1.93 bits per heavy atom. The Labute approximate surface area is 185 Å². The summed E-state index contributed by atoms with van der Waals surface area (Å²) in [5, 5.41) is 19.0. The largest absolute Gasteiger partial charge is 0.507 e. The molecule has 0 radical (unpaired) electrons. The summed E-state index contributed by atoms with van der Waals surface area (Å²) in [5.74, 6) is 0.0478. The number of phenolic OH excluding ortho intramolecular Hbond substituents is 1. The fourth-order valence-corrected chi connectivity index (χ4v) is 4.54. The summed E-state index contributed by atoms with van der Waals surface area (Å²) in [6.07, 6.45) is 1.85. The van der Waals surface area contributed by atoms with Crippen molar-refractivity contribution in [1.29, 1.82) is 0 Å². The zero-order valence-corrected chi connectivity index (χ0v) is 18.6. The number of aromatic nitrogens is 2. The molecule has 30 heavy (non-hydrogen) atoms. The van der Waals surface area contributed by atoms with Crippen molar-refractivity contribution < 1.29 is 9.90 Å². The topological polar surface area (TPSA) is 69.2 Å². The molecule has 0 saturated carbocycles. The van der Waals surface area contributed by atoms with Crippen LogP contribution in [0.5, 0.6) is 5.75 Å². The van der Waals surface area contributed by atoms with Gasteiger partial charge in [0.2, 0.25) is 0 Å². The standard InChI is InChI=1S/C23H23Cl2N3O2/c1-4-5-8-28-22(14-6-7-15(24)16(25)11-14)19-20(26-27-21(19)23(28)30)18-13(3)9-12(2)10-17(18)29/h6-7,9-11,22,29H,4-5,8H2,1-3H3,(H,26,27). The first-order valence-corrected chi connectivity index (χ1v) is 10.7. The van der Waals surface area contributed by atoms with Gasteiger partial charge in [-0.3, -0.25) is 9.89 Å². The number of benzene rings is 2. The van der Waals surface area contributed by atoms with Crippen LogP contribution in [0.1, 0.15) is 58.5 Å². The second-order valence-corrected chi connectivity index (χ2v) is 8.58. The number of aromatic hydroxyl groups is 1. The molecular weight excluding hydrogens is 421 g/mol. The van der Waals surface area contributed by atoms with Crippen LogP contribution in [0, 0.1) is 13.8 Å². The van der Waals surface area contributed by atoms with Crippen LogP contribution >= 0.6 is 23.2 Å². The van der Waals surface area contributed by atoms with E-state index in [1.807, 2.05) is 30.9 Å². The number of rotatable bonds is 5. The fraction of sp³-hybridized carbons (Fsp3) is 0.304. The summed E-state index contributed by atoms with van der Waals surface area (Å²) >= 11 is 12.4. The average molecular weight is 444 g/mol. The van der Waals surface area contributed by atoms with Gasteiger partial charge < -0.3 is 10.0 Å². The number of phenols is 1. The van der Waals surface area contributed by atoms with Crippen LogP contribution in [0.4, 0.5) is 0 Å². The van der Waals surface area contributed by atoms with E-state index >= 15 is 0 Å². The Morgan fingerprint density at radius 1 is 1.17 bits per heavy atom. The van der Waals surface area contributed by atoms with Crippen molar-refractivity contribution in [3.05, 3.63) is 68.3 Å². The Bertz CT molecular complexity index is 1120. The van der Waals surface area contributed by atoms with Crippen LogP contribution in [0.15, 0.2) is 30.3 Å². The van der Waals surface area contributed by atoms with E-state index in [2.05, 4.69) is 17.1 Å². The van der Waals surface area contributed by atoms with E-state index < -0.39 is 0 Å². The van der Waals surface area contributed by atoms with Crippen molar-refractivity contribution in [2.24, 2.45) is 0 Å². The summed E-state index contributed by atoms with van der Waals surface area (Å²) in [6.45, 7) is 6.57. The molecule has 2 aromatic carbocycles. The lowest BCUT2D eigenvalue weighted by atomic mass is 9.93. The molecule has 3 aromatic rings. The first-order valence-electron chi connectivity index (χ1n) is 9.98. The lowest BCUT2D eigenvalue weighted by Gasteiger charge is -2.26. The highest BCUT2D eigenvalue weighted by Gasteiger charge is 2.42. The van der Waals surface area contributed by atoms with Gasteiger partial charge in [0.25, 0.3) is 5.91 Å². The minimum Gasteiger partial charge on any atom is -0.507 e. The summed E-state index contributed by atoms with van der Waals surface area (Å²) in [6, 6.07) is 8.78. The number of hydrogen-bond donors (Lipinski definition) is 2. The summed E-state index contributed by atoms with van der Waals surface area (Å²) < 4.78 is 0. The van der Waals surface area contributed by atoms with Crippen LogP contribution in [0.25, 0.3) is 11.3 Å². The normalized spacial score (nSPS) is 15.7. The van der Waals surface area contributed by atoms with Crippen LogP contribution in [-0.4, -0.2) is 32.7 Å². The SMILES string of the molecule is CCCCN1C(=O)c2[nH]nc(-c3c(C)cc(C)cc3O)c2C1c1ccc(Cl)c(Cl)c1. The number of nitrogens with one attached hydrogen (secondary N) is 1. The van der Waals surface area contributed by atoms with Crippen molar-refractivity contribution in [1.82, 2.24) is 15.1 Å². The van der Waals surface area contributed by atoms with E-state index in [9.17, 15) is 9.90 Å². The number of nitrogens with zero attached hydrogens (tertiary/aromatic N) is 2. The first kappa shape index (κ1) is 20.8. The summed E-state index contributed by atoms with van der Waals surface area (Å²) in [4.78, 5) is 15.1. The molecule has 5 nitrogen and oxygen atoms in total. The Balaban J connectivity index is 1.93. The second-order valence-electron chi connectivity index (χ2n) is 7.77. The van der Waals surface area contributed by atoms with Gasteiger partial charge in [0.1, 0.15) is 17.1 Å². The highest BCUT2D eigenvalue weighted by atomic mass is 35.5. The van der Waals surface area contributed by atoms with Crippen LogP contribution in [-0.2, 0) is 0 Å². The number of aryl methyl sites for hydroxylation is 2. The molecule has 0 saturated heterocycles. The maximum atomic E-state index is 13.2. The van der Waals surface area contributed by atoms with Gasteiger partial charge in [-0.2, -0.15) is 5.10 Å². The molecular formula is C23H23Cl2N3O2. The van der Waals surface area contributed by atoms with Crippen LogP contribution in [0.3, 0.4) is 0 Å². The molecule has 1 aliphatic rings. The molecule has 1 aromatic heterocycles. The van der Waals surface area contributed by atoms with E-state index in [0.29, 0.717) is 33.5 Å². The van der Waals surface area contributed by atoms with Gasteiger partial charge in [-0.15, -0.1) is 0 Å². The second kappa shape index (κ2) is 7.97. The molecule has 4 rings (SSSR count). The highest BCUT2D eigenvalue weighted by Crippen LogP contribution is 2.46. The van der Waals surface area contributed by atoms with Gasteiger partial charge >= 0.3 is 0 Å². The Kier molecular flexibility index (Phi) is 5.51. The number of amides is 1. The van der Waals surface area contributed by atoms with E-state index in [4.69, 9.17) is 23.2 Å². The number of aromatic amines is 1. The van der Waals surface area contributed by atoms with Gasteiger partial charge in [-0.25, -0.2) is 0 Å². The molecule has 0 bridgehead atoms. The van der Waals surface area contributed by atoms with Crippen molar-refractivity contribution in [3.63, 3.8) is 0 Å². The molecule has 7 heteroatoms. The predicted molar refractivity (Wildman–Crippen MR) is 119 cm³/mol. The molecule has 1 unspecified atom stereocenters. The van der Waals surface area contributed by atoms with Crippen molar-refractivity contribution in [2.45, 2.75) is 39.7 Å². The first-order chi connectivity index (χ1) is 14.3. The van der Waals surface area contributed by atoms with E-state index in [0.717, 1.165) is 35.1 Å². The van der Waals surface area contributed by atoms with Gasteiger partial charge in [-0.05, 0) is 55.2 Å². The van der Waals surface area contributed by atoms with E-state index in [-0.39, 0.29) is 17.7 Å². The molecule has 2 N–H and O–H groups in total. The minimum atomic E-state index is -0.359. The molecule has 2 heterocycles. The third-order valence-electron chi connectivity index (χ3n) is 5.57. The zero-order valence-electron chi connectivity index (χ0n) is 17.1. The van der Waals surface area contributed by atoms with Crippen molar-refractivity contribution >= 4 is 29.1 Å². The van der Waals surface area contributed by atoms with E-state index in [1.54, 1.807) is 18.2 Å². The van der Waals surface area contributed by atoms with Crippen molar-refractivity contribution in [3.8, 4) is 17.0 Å². The fourth-order valence-electron chi connectivity index (χ4n) is 4.23.